The molecule has 2 rings (SSSR count). The van der Waals surface area contributed by atoms with Crippen LogP contribution in [-0.4, -0.2) is 21.5 Å². The van der Waals surface area contributed by atoms with Crippen molar-refractivity contribution in [2.75, 3.05) is 6.54 Å². The fourth-order valence-electron chi connectivity index (χ4n) is 1.31. The Bertz CT molecular complexity index is 407. The van der Waals surface area contributed by atoms with Crippen molar-refractivity contribution < 1.29 is 0 Å². The summed E-state index contributed by atoms with van der Waals surface area (Å²) < 4.78 is 0. The average Bonchev–Trinajstić information content (AvgIpc) is 2.68. The molecule has 2 heterocycles. The van der Waals surface area contributed by atoms with Crippen molar-refractivity contribution in [1.29, 1.82) is 0 Å². The molecule has 1 unspecified atom stereocenters. The van der Waals surface area contributed by atoms with Gasteiger partial charge >= 0.3 is 0 Å². The second-order valence-corrected chi connectivity index (χ2v) is 4.73. The van der Waals surface area contributed by atoms with Crippen LogP contribution in [0.3, 0.4) is 0 Å². The summed E-state index contributed by atoms with van der Waals surface area (Å²) in [6, 6.07) is 0. The zero-order valence-corrected chi connectivity index (χ0v) is 9.50. The summed E-state index contributed by atoms with van der Waals surface area (Å²) in [5, 5.41) is 1.11. The third-order valence-electron chi connectivity index (χ3n) is 2.35. The van der Waals surface area contributed by atoms with Gasteiger partial charge in [-0.05, 0) is 25.3 Å². The number of rotatable bonds is 4. The number of aryl methyl sites for hydroxylation is 1. The predicted octanol–water partition coefficient (Wildman–Crippen LogP) is 1.61. The third-order valence-corrected chi connectivity index (χ3v) is 3.36. The highest BCUT2D eigenvalue weighted by atomic mass is 32.1. The van der Waals surface area contributed by atoms with E-state index in [2.05, 4.69) is 21.9 Å². The van der Waals surface area contributed by atoms with E-state index in [0.29, 0.717) is 5.92 Å². The molecule has 0 amide bonds. The highest BCUT2D eigenvalue weighted by molar-refractivity contribution is 7.18. The maximum atomic E-state index is 5.57. The summed E-state index contributed by atoms with van der Waals surface area (Å²) >= 11 is 1.62. The van der Waals surface area contributed by atoms with E-state index in [9.17, 15) is 0 Å². The van der Waals surface area contributed by atoms with Gasteiger partial charge in [-0.3, -0.25) is 0 Å². The molecule has 15 heavy (non-hydrogen) atoms. The first-order valence-electron chi connectivity index (χ1n) is 5.06. The normalized spacial score (nSPS) is 13.2. The number of nitrogens with two attached hydrogens (primary N) is 1. The van der Waals surface area contributed by atoms with Crippen LogP contribution in [0.2, 0.25) is 0 Å². The first-order chi connectivity index (χ1) is 7.29. The molecule has 1 atom stereocenters. The van der Waals surface area contributed by atoms with E-state index in [1.807, 2.05) is 0 Å². The van der Waals surface area contributed by atoms with Gasteiger partial charge in [0.2, 0.25) is 0 Å². The molecule has 2 N–H and O–H groups in total. The van der Waals surface area contributed by atoms with Crippen molar-refractivity contribution in [3.8, 4) is 0 Å². The molecule has 0 aliphatic heterocycles. The molecule has 0 radical (unpaired) electrons. The van der Waals surface area contributed by atoms with Crippen LogP contribution in [0.4, 0.5) is 0 Å². The summed E-state index contributed by atoms with van der Waals surface area (Å²) in [6.45, 7) is 2.89. The van der Waals surface area contributed by atoms with Crippen molar-refractivity contribution in [1.82, 2.24) is 15.0 Å². The molecule has 4 nitrogen and oxygen atoms in total. The minimum Gasteiger partial charge on any atom is -0.330 e. The molecule has 5 heteroatoms. The van der Waals surface area contributed by atoms with Gasteiger partial charge in [0.25, 0.3) is 0 Å². The molecule has 0 fully saturated rings. The van der Waals surface area contributed by atoms with Gasteiger partial charge in [0.05, 0.1) is 5.01 Å². The van der Waals surface area contributed by atoms with Crippen molar-refractivity contribution in [2.24, 2.45) is 11.7 Å². The second kappa shape index (κ2) is 4.63. The second-order valence-electron chi connectivity index (χ2n) is 3.67. The SMILES string of the molecule is CC(CN)CCc1nc2nccnc2s1. The van der Waals surface area contributed by atoms with Gasteiger partial charge in [-0.1, -0.05) is 18.3 Å². The van der Waals surface area contributed by atoms with Gasteiger partial charge in [-0.2, -0.15) is 0 Å². The Labute approximate surface area is 92.6 Å². The number of aromatic nitrogens is 3. The molecule has 0 spiro atoms. The minimum absolute atomic E-state index is 0.554. The van der Waals surface area contributed by atoms with Crippen LogP contribution in [0.25, 0.3) is 10.5 Å². The van der Waals surface area contributed by atoms with Crippen molar-refractivity contribution >= 4 is 21.8 Å². The van der Waals surface area contributed by atoms with Crippen LogP contribution in [-0.2, 0) is 6.42 Å². The van der Waals surface area contributed by atoms with Gasteiger partial charge in [-0.25, -0.2) is 15.0 Å². The maximum absolute atomic E-state index is 5.57. The topological polar surface area (TPSA) is 64.7 Å². The lowest BCUT2D eigenvalue weighted by molar-refractivity contribution is 0.544. The summed E-state index contributed by atoms with van der Waals surface area (Å²) in [4.78, 5) is 13.7. The van der Waals surface area contributed by atoms with Gasteiger partial charge in [0.1, 0.15) is 0 Å². The molecule has 0 aromatic carbocycles. The molecule has 0 saturated heterocycles. The largest absolute Gasteiger partial charge is 0.330 e. The van der Waals surface area contributed by atoms with Gasteiger partial charge in [-0.15, -0.1) is 0 Å². The lowest BCUT2D eigenvalue weighted by Crippen LogP contribution is -2.11. The van der Waals surface area contributed by atoms with Crippen LogP contribution in [0.15, 0.2) is 12.4 Å². The fourth-order valence-corrected chi connectivity index (χ4v) is 2.19. The average molecular weight is 222 g/mol. The zero-order chi connectivity index (χ0) is 10.7. The maximum Gasteiger partial charge on any atom is 0.189 e. The third kappa shape index (κ3) is 2.49. The van der Waals surface area contributed by atoms with Crippen LogP contribution in [0, 0.1) is 5.92 Å². The number of nitrogens with zero attached hydrogens (tertiary/aromatic N) is 3. The van der Waals surface area contributed by atoms with E-state index >= 15 is 0 Å². The smallest absolute Gasteiger partial charge is 0.189 e. The van der Waals surface area contributed by atoms with Crippen LogP contribution in [0.5, 0.6) is 0 Å². The number of fused-ring (bicyclic) bond motifs is 1. The van der Waals surface area contributed by atoms with Crippen LogP contribution in [0.1, 0.15) is 18.4 Å². The Morgan fingerprint density at radius 2 is 2.20 bits per heavy atom. The van der Waals surface area contributed by atoms with Gasteiger partial charge in [0, 0.05) is 12.4 Å². The van der Waals surface area contributed by atoms with Gasteiger partial charge < -0.3 is 5.73 Å². The van der Waals surface area contributed by atoms with Crippen LogP contribution >= 0.6 is 11.3 Å². The Hall–Kier alpha value is -1.07. The quantitative estimate of drug-likeness (QED) is 0.853. The van der Waals surface area contributed by atoms with E-state index in [1.165, 1.54) is 0 Å². The first kappa shape index (κ1) is 10.4. The Morgan fingerprint density at radius 3 is 2.93 bits per heavy atom. The first-order valence-corrected chi connectivity index (χ1v) is 5.87. The summed E-state index contributed by atoms with van der Waals surface area (Å²) in [5.74, 6) is 0.554. The molecule has 0 saturated carbocycles. The molecule has 2 aromatic heterocycles. The molecule has 0 aliphatic rings. The van der Waals surface area contributed by atoms with E-state index < -0.39 is 0 Å². The van der Waals surface area contributed by atoms with Crippen LogP contribution < -0.4 is 5.73 Å². The van der Waals surface area contributed by atoms with Crippen molar-refractivity contribution in [3.63, 3.8) is 0 Å². The van der Waals surface area contributed by atoms with E-state index in [1.54, 1.807) is 23.7 Å². The number of hydrogen-bond acceptors (Lipinski definition) is 5. The molecular weight excluding hydrogens is 208 g/mol. The summed E-state index contributed by atoms with van der Waals surface area (Å²) in [7, 11) is 0. The number of thiazole rings is 1. The molecule has 80 valence electrons. The van der Waals surface area contributed by atoms with E-state index in [0.717, 1.165) is 34.9 Å². The number of hydrogen-bond donors (Lipinski definition) is 1. The Morgan fingerprint density at radius 1 is 1.40 bits per heavy atom. The van der Waals surface area contributed by atoms with Gasteiger partial charge in [0.15, 0.2) is 10.5 Å². The summed E-state index contributed by atoms with van der Waals surface area (Å²) in [6.07, 6.45) is 5.43. The summed E-state index contributed by atoms with van der Waals surface area (Å²) in [5.41, 5.74) is 6.33. The lowest BCUT2D eigenvalue weighted by Gasteiger charge is -2.04. The highest BCUT2D eigenvalue weighted by Crippen LogP contribution is 2.19. The molecule has 0 aliphatic carbocycles. The molecular formula is C10H14N4S. The molecule has 2 aromatic rings. The predicted molar refractivity (Wildman–Crippen MR) is 61.7 cm³/mol. The minimum atomic E-state index is 0.554. The highest BCUT2D eigenvalue weighted by Gasteiger charge is 2.06. The van der Waals surface area contributed by atoms with Crippen molar-refractivity contribution in [3.05, 3.63) is 17.4 Å². The Balaban J connectivity index is 2.09. The van der Waals surface area contributed by atoms with Crippen molar-refractivity contribution in [2.45, 2.75) is 19.8 Å². The zero-order valence-electron chi connectivity index (χ0n) is 8.68. The monoisotopic (exact) mass is 222 g/mol. The van der Waals surface area contributed by atoms with E-state index in [4.69, 9.17) is 5.73 Å². The molecule has 0 bridgehead atoms. The van der Waals surface area contributed by atoms with E-state index in [-0.39, 0.29) is 0 Å². The lowest BCUT2D eigenvalue weighted by atomic mass is 10.1. The standard InChI is InChI=1S/C10H14N4S/c1-7(6-11)2-3-8-14-9-10(15-8)13-5-4-12-9/h4-5,7H,2-3,6,11H2,1H3. The fraction of sp³-hybridized carbons (Fsp3) is 0.500. The Kier molecular flexibility index (Phi) is 3.23.